The molecule has 2 nitrogen and oxygen atoms in total. The third-order valence-corrected chi connectivity index (χ3v) is 6.25. The molecule has 0 spiro atoms. The second kappa shape index (κ2) is 4.51. The molecule has 0 aromatic carbocycles. The summed E-state index contributed by atoms with van der Waals surface area (Å²) in [6.45, 7) is 7.46. The molecule has 16 heavy (non-hydrogen) atoms. The van der Waals surface area contributed by atoms with Crippen LogP contribution in [0.5, 0.6) is 0 Å². The fourth-order valence-corrected chi connectivity index (χ4v) is 4.86. The molecule has 3 fully saturated rings. The van der Waals surface area contributed by atoms with Gasteiger partial charge in [-0.15, -0.1) is 0 Å². The molecule has 0 aromatic rings. The number of fused-ring (bicyclic) bond motifs is 2. The van der Waals surface area contributed by atoms with E-state index in [1.54, 1.807) is 0 Å². The van der Waals surface area contributed by atoms with E-state index in [-0.39, 0.29) is 0 Å². The number of nitrogens with one attached hydrogen (secondary N) is 1. The molecule has 3 aliphatic rings. The average molecular weight is 240 g/mol. The minimum absolute atomic E-state index is 0.776. The Morgan fingerprint density at radius 2 is 2.19 bits per heavy atom. The molecule has 3 rings (SSSR count). The van der Waals surface area contributed by atoms with Gasteiger partial charge < -0.3 is 5.32 Å². The number of thioether (sulfide) groups is 1. The van der Waals surface area contributed by atoms with Crippen LogP contribution in [0.3, 0.4) is 0 Å². The Morgan fingerprint density at radius 3 is 2.88 bits per heavy atom. The van der Waals surface area contributed by atoms with E-state index in [0.717, 1.165) is 29.3 Å². The molecule has 3 heterocycles. The van der Waals surface area contributed by atoms with Crippen LogP contribution in [0.1, 0.15) is 33.1 Å². The van der Waals surface area contributed by atoms with Crippen molar-refractivity contribution in [2.75, 3.05) is 18.8 Å². The van der Waals surface area contributed by atoms with E-state index in [2.05, 4.69) is 35.8 Å². The minimum Gasteiger partial charge on any atom is -0.311 e. The third-order valence-electron chi connectivity index (χ3n) is 4.92. The van der Waals surface area contributed by atoms with E-state index in [4.69, 9.17) is 0 Å². The van der Waals surface area contributed by atoms with Crippen molar-refractivity contribution in [1.82, 2.24) is 10.2 Å². The molecule has 0 aliphatic carbocycles. The predicted octanol–water partition coefficient (Wildman–Crippen LogP) is 1.95. The number of nitrogens with zero attached hydrogens (tertiary/aromatic N) is 1. The van der Waals surface area contributed by atoms with Gasteiger partial charge in [0, 0.05) is 42.2 Å². The van der Waals surface area contributed by atoms with Crippen LogP contribution in [-0.2, 0) is 0 Å². The highest BCUT2D eigenvalue weighted by Crippen LogP contribution is 2.35. The summed E-state index contributed by atoms with van der Waals surface area (Å²) in [5.74, 6) is 2.27. The molecule has 3 saturated heterocycles. The first-order valence-corrected chi connectivity index (χ1v) is 7.90. The van der Waals surface area contributed by atoms with Crippen LogP contribution in [0.2, 0.25) is 0 Å². The summed E-state index contributed by atoms with van der Waals surface area (Å²) < 4.78 is 0. The van der Waals surface area contributed by atoms with Crippen LogP contribution >= 0.6 is 11.8 Å². The minimum atomic E-state index is 0.776. The van der Waals surface area contributed by atoms with Gasteiger partial charge in [0.15, 0.2) is 0 Å². The first-order chi connectivity index (χ1) is 7.74. The summed E-state index contributed by atoms with van der Waals surface area (Å²) in [5, 5.41) is 4.58. The molecule has 3 aliphatic heterocycles. The van der Waals surface area contributed by atoms with E-state index in [0.29, 0.717) is 0 Å². The van der Waals surface area contributed by atoms with E-state index >= 15 is 0 Å². The summed E-state index contributed by atoms with van der Waals surface area (Å²) in [7, 11) is 0. The van der Waals surface area contributed by atoms with Gasteiger partial charge in [-0.25, -0.2) is 0 Å². The van der Waals surface area contributed by atoms with E-state index in [9.17, 15) is 0 Å². The standard InChI is InChI=1S/C13H24N2S/c1-9-10(2)16-6-5-15(9)8-11-7-12-3-4-13(11)14-12/h9-14H,3-8H2,1-2H3. The zero-order chi connectivity index (χ0) is 11.1. The van der Waals surface area contributed by atoms with Gasteiger partial charge in [0.25, 0.3) is 0 Å². The topological polar surface area (TPSA) is 15.3 Å². The van der Waals surface area contributed by atoms with E-state index < -0.39 is 0 Å². The smallest absolute Gasteiger partial charge is 0.0184 e. The highest BCUT2D eigenvalue weighted by molar-refractivity contribution is 8.00. The maximum absolute atomic E-state index is 3.76. The van der Waals surface area contributed by atoms with Crippen molar-refractivity contribution < 1.29 is 0 Å². The normalized spacial score (nSPS) is 48.8. The Labute approximate surface area is 104 Å². The maximum Gasteiger partial charge on any atom is 0.0184 e. The van der Waals surface area contributed by atoms with Gasteiger partial charge in [0.2, 0.25) is 0 Å². The van der Waals surface area contributed by atoms with Crippen LogP contribution < -0.4 is 5.32 Å². The molecular formula is C13H24N2S. The van der Waals surface area contributed by atoms with Gasteiger partial charge in [-0.2, -0.15) is 11.8 Å². The Bertz CT molecular complexity index is 258. The van der Waals surface area contributed by atoms with Crippen molar-refractivity contribution in [1.29, 1.82) is 0 Å². The lowest BCUT2D eigenvalue weighted by molar-refractivity contribution is 0.167. The van der Waals surface area contributed by atoms with Crippen LogP contribution in [0.4, 0.5) is 0 Å². The lowest BCUT2D eigenvalue weighted by Gasteiger charge is -2.40. The fraction of sp³-hybridized carbons (Fsp3) is 1.00. The van der Waals surface area contributed by atoms with Crippen LogP contribution in [0.15, 0.2) is 0 Å². The van der Waals surface area contributed by atoms with Gasteiger partial charge >= 0.3 is 0 Å². The Hall–Kier alpha value is 0.270. The molecule has 3 heteroatoms. The van der Waals surface area contributed by atoms with Crippen LogP contribution in [0.25, 0.3) is 0 Å². The molecular weight excluding hydrogens is 216 g/mol. The van der Waals surface area contributed by atoms with E-state index in [1.165, 1.54) is 38.1 Å². The summed E-state index contributed by atoms with van der Waals surface area (Å²) >= 11 is 2.15. The lowest BCUT2D eigenvalue weighted by Crippen LogP contribution is -2.48. The largest absolute Gasteiger partial charge is 0.311 e. The quantitative estimate of drug-likeness (QED) is 0.794. The van der Waals surface area contributed by atoms with Crippen molar-refractivity contribution in [2.45, 2.75) is 56.5 Å². The highest BCUT2D eigenvalue weighted by Gasteiger charge is 2.40. The Balaban J connectivity index is 1.58. The van der Waals surface area contributed by atoms with Gasteiger partial charge in [-0.3, -0.25) is 4.90 Å². The Morgan fingerprint density at radius 1 is 1.31 bits per heavy atom. The van der Waals surface area contributed by atoms with Gasteiger partial charge in [-0.05, 0) is 32.1 Å². The zero-order valence-electron chi connectivity index (χ0n) is 10.5. The second-order valence-electron chi connectivity index (χ2n) is 5.85. The summed E-state index contributed by atoms with van der Waals surface area (Å²) in [6, 6.07) is 2.49. The number of hydrogen-bond donors (Lipinski definition) is 1. The first-order valence-electron chi connectivity index (χ1n) is 6.85. The third kappa shape index (κ3) is 2.02. The highest BCUT2D eigenvalue weighted by atomic mass is 32.2. The second-order valence-corrected chi connectivity index (χ2v) is 7.34. The molecule has 0 saturated carbocycles. The molecule has 0 radical (unpaired) electrons. The van der Waals surface area contributed by atoms with Crippen molar-refractivity contribution in [3.05, 3.63) is 0 Å². The molecule has 5 unspecified atom stereocenters. The molecule has 5 atom stereocenters. The average Bonchev–Trinajstić information content (AvgIpc) is 2.86. The number of hydrogen-bond acceptors (Lipinski definition) is 3. The zero-order valence-corrected chi connectivity index (χ0v) is 11.3. The Kier molecular flexibility index (Phi) is 3.20. The van der Waals surface area contributed by atoms with E-state index in [1.807, 2.05) is 0 Å². The fourth-order valence-electron chi connectivity index (χ4n) is 3.69. The molecule has 2 bridgehead atoms. The summed E-state index contributed by atoms with van der Waals surface area (Å²) in [5.41, 5.74) is 0. The number of rotatable bonds is 2. The molecule has 1 N–H and O–H groups in total. The van der Waals surface area contributed by atoms with Crippen LogP contribution in [0, 0.1) is 5.92 Å². The SMILES string of the molecule is CC1SCCN(CC2CC3CCC2N3)C1C. The molecule has 0 aromatic heterocycles. The van der Waals surface area contributed by atoms with Gasteiger partial charge in [-0.1, -0.05) is 6.92 Å². The van der Waals surface area contributed by atoms with Gasteiger partial charge in [0.05, 0.1) is 0 Å². The van der Waals surface area contributed by atoms with Gasteiger partial charge in [0.1, 0.15) is 0 Å². The monoisotopic (exact) mass is 240 g/mol. The van der Waals surface area contributed by atoms with Crippen molar-refractivity contribution in [2.24, 2.45) is 5.92 Å². The van der Waals surface area contributed by atoms with Crippen molar-refractivity contribution in [3.63, 3.8) is 0 Å². The lowest BCUT2D eigenvalue weighted by atomic mass is 9.88. The predicted molar refractivity (Wildman–Crippen MR) is 71.0 cm³/mol. The maximum atomic E-state index is 3.76. The first kappa shape index (κ1) is 11.4. The molecule has 92 valence electrons. The molecule has 0 amide bonds. The summed E-state index contributed by atoms with van der Waals surface area (Å²) in [6.07, 6.45) is 4.31. The van der Waals surface area contributed by atoms with Crippen molar-refractivity contribution in [3.8, 4) is 0 Å². The van der Waals surface area contributed by atoms with Crippen molar-refractivity contribution >= 4 is 11.8 Å². The summed E-state index contributed by atoms with van der Waals surface area (Å²) in [4.78, 5) is 2.74. The van der Waals surface area contributed by atoms with Crippen LogP contribution in [-0.4, -0.2) is 47.1 Å².